The maximum atomic E-state index is 12.5. The van der Waals surface area contributed by atoms with E-state index in [9.17, 15) is 4.79 Å². The smallest absolute Gasteiger partial charge is 0.320 e. The lowest BCUT2D eigenvalue weighted by Crippen LogP contribution is -2.34. The van der Waals surface area contributed by atoms with E-state index in [1.165, 1.54) is 32.1 Å². The minimum atomic E-state index is -0.237. The van der Waals surface area contributed by atoms with Gasteiger partial charge in [-0.05, 0) is 42.5 Å². The molecule has 2 aromatic heterocycles. The molecule has 1 fully saturated rings. The van der Waals surface area contributed by atoms with Crippen molar-refractivity contribution < 1.29 is 4.79 Å². The van der Waals surface area contributed by atoms with Gasteiger partial charge in [-0.1, -0.05) is 43.0 Å². The van der Waals surface area contributed by atoms with Crippen LogP contribution in [0.25, 0.3) is 16.8 Å². The number of urea groups is 1. The Balaban J connectivity index is 1.56. The first kappa shape index (κ1) is 17.8. The predicted molar refractivity (Wildman–Crippen MR) is 107 cm³/mol. The number of rotatable bonds is 4. The van der Waals surface area contributed by atoms with E-state index in [0.717, 1.165) is 11.1 Å². The number of amides is 2. The Kier molecular flexibility index (Phi) is 5.25. The monoisotopic (exact) mass is 383 g/mol. The molecule has 0 unspecified atom stereocenters. The molecule has 1 aliphatic carbocycles. The minimum absolute atomic E-state index is 0.237. The third-order valence-electron chi connectivity index (χ3n) is 5.04. The van der Waals surface area contributed by atoms with Gasteiger partial charge < -0.3 is 5.32 Å². The van der Waals surface area contributed by atoms with Crippen LogP contribution >= 0.6 is 11.6 Å². The van der Waals surface area contributed by atoms with Crippen LogP contribution in [0.5, 0.6) is 0 Å². The molecule has 0 atom stereocenters. The zero-order valence-corrected chi connectivity index (χ0v) is 15.7. The Labute approximate surface area is 162 Å². The zero-order chi connectivity index (χ0) is 18.6. The normalized spacial score (nSPS) is 15.0. The van der Waals surface area contributed by atoms with Gasteiger partial charge in [0.15, 0.2) is 11.5 Å². The third kappa shape index (κ3) is 4.06. The van der Waals surface area contributed by atoms with E-state index in [2.05, 4.69) is 20.7 Å². The molecule has 1 saturated carbocycles. The van der Waals surface area contributed by atoms with Crippen molar-refractivity contribution in [2.24, 2.45) is 5.92 Å². The van der Waals surface area contributed by atoms with E-state index in [4.69, 9.17) is 11.6 Å². The van der Waals surface area contributed by atoms with Crippen LogP contribution in [-0.4, -0.2) is 27.2 Å². The van der Waals surface area contributed by atoms with Crippen LogP contribution < -0.4 is 10.6 Å². The Morgan fingerprint density at radius 1 is 1.19 bits per heavy atom. The number of benzene rings is 1. The van der Waals surface area contributed by atoms with Gasteiger partial charge in [0, 0.05) is 24.0 Å². The summed E-state index contributed by atoms with van der Waals surface area (Å²) in [4.78, 5) is 16.9. The van der Waals surface area contributed by atoms with Gasteiger partial charge in [-0.3, -0.25) is 5.32 Å². The maximum absolute atomic E-state index is 12.5. The standard InChI is InChI=1S/C20H22ClN5O/c21-16-9-7-15(8-10-16)17-18(25-26-12-4-11-22-19(17)26)24-20(27)23-13-14-5-2-1-3-6-14/h4,7-12,14H,1-3,5-6,13H2,(H2,23,24,25,27). The first-order valence-corrected chi connectivity index (χ1v) is 9.72. The van der Waals surface area contributed by atoms with Gasteiger partial charge >= 0.3 is 6.03 Å². The molecule has 3 aromatic rings. The number of hydrogen-bond acceptors (Lipinski definition) is 3. The van der Waals surface area contributed by atoms with E-state index >= 15 is 0 Å². The fraction of sp³-hybridized carbons (Fsp3) is 0.350. The molecular formula is C20H22ClN5O. The number of anilines is 1. The molecule has 6 nitrogen and oxygen atoms in total. The zero-order valence-electron chi connectivity index (χ0n) is 15.0. The number of carbonyl (C=O) groups is 1. The summed E-state index contributed by atoms with van der Waals surface area (Å²) >= 11 is 6.01. The Hall–Kier alpha value is -2.60. The van der Waals surface area contributed by atoms with Crippen molar-refractivity contribution in [1.82, 2.24) is 19.9 Å². The molecule has 2 N–H and O–H groups in total. The molecule has 0 aliphatic heterocycles. The molecule has 7 heteroatoms. The first-order chi connectivity index (χ1) is 13.2. The lowest BCUT2D eigenvalue weighted by Gasteiger charge is -2.21. The molecule has 2 amide bonds. The molecule has 27 heavy (non-hydrogen) atoms. The summed E-state index contributed by atoms with van der Waals surface area (Å²) in [6, 6.07) is 9.00. The van der Waals surface area contributed by atoms with Crippen LogP contribution in [0.15, 0.2) is 42.7 Å². The van der Waals surface area contributed by atoms with Crippen molar-refractivity contribution in [2.75, 3.05) is 11.9 Å². The van der Waals surface area contributed by atoms with E-state index in [1.54, 1.807) is 16.8 Å². The van der Waals surface area contributed by atoms with Gasteiger partial charge in [0.05, 0.1) is 5.56 Å². The number of halogens is 1. The summed E-state index contributed by atoms with van der Waals surface area (Å²) in [5.74, 6) is 1.06. The van der Waals surface area contributed by atoms with Crippen LogP contribution in [0.1, 0.15) is 32.1 Å². The number of nitrogens with zero attached hydrogens (tertiary/aromatic N) is 3. The molecule has 140 valence electrons. The summed E-state index contributed by atoms with van der Waals surface area (Å²) in [6.07, 6.45) is 9.72. The fourth-order valence-corrected chi connectivity index (χ4v) is 3.76. The van der Waals surface area contributed by atoms with Crippen molar-refractivity contribution in [3.63, 3.8) is 0 Å². The predicted octanol–water partition coefficient (Wildman–Crippen LogP) is 4.75. The van der Waals surface area contributed by atoms with Crippen molar-refractivity contribution >= 4 is 29.1 Å². The SMILES string of the molecule is O=C(NCC1CCCCC1)Nc1nn2cccnc2c1-c1ccc(Cl)cc1. The highest BCUT2D eigenvalue weighted by molar-refractivity contribution is 6.30. The Morgan fingerprint density at radius 3 is 2.74 bits per heavy atom. The number of aromatic nitrogens is 3. The van der Waals surface area contributed by atoms with E-state index < -0.39 is 0 Å². The van der Waals surface area contributed by atoms with Crippen molar-refractivity contribution in [3.05, 3.63) is 47.7 Å². The Bertz CT molecular complexity index is 931. The number of nitrogens with one attached hydrogen (secondary N) is 2. The van der Waals surface area contributed by atoms with Crippen LogP contribution in [0.3, 0.4) is 0 Å². The topological polar surface area (TPSA) is 71.3 Å². The lowest BCUT2D eigenvalue weighted by atomic mass is 9.89. The van der Waals surface area contributed by atoms with Crippen LogP contribution in [0, 0.1) is 5.92 Å². The number of carbonyl (C=O) groups excluding carboxylic acids is 1. The van der Waals surface area contributed by atoms with Gasteiger partial charge in [-0.25, -0.2) is 14.3 Å². The second-order valence-corrected chi connectivity index (χ2v) is 7.39. The van der Waals surface area contributed by atoms with Crippen molar-refractivity contribution in [2.45, 2.75) is 32.1 Å². The van der Waals surface area contributed by atoms with E-state index in [0.29, 0.717) is 29.0 Å². The van der Waals surface area contributed by atoms with Crippen molar-refractivity contribution in [3.8, 4) is 11.1 Å². The number of hydrogen-bond donors (Lipinski definition) is 2. The summed E-state index contributed by atoms with van der Waals surface area (Å²) in [6.45, 7) is 0.702. The lowest BCUT2D eigenvalue weighted by molar-refractivity contribution is 0.247. The van der Waals surface area contributed by atoms with Crippen LogP contribution in [0.4, 0.5) is 10.6 Å². The maximum Gasteiger partial charge on any atom is 0.320 e. The molecular weight excluding hydrogens is 362 g/mol. The average Bonchev–Trinajstić information content (AvgIpc) is 3.05. The summed E-state index contributed by atoms with van der Waals surface area (Å²) in [7, 11) is 0. The van der Waals surface area contributed by atoms with Gasteiger partial charge in [0.25, 0.3) is 0 Å². The molecule has 0 radical (unpaired) electrons. The highest BCUT2D eigenvalue weighted by Gasteiger charge is 2.19. The third-order valence-corrected chi connectivity index (χ3v) is 5.29. The minimum Gasteiger partial charge on any atom is -0.338 e. The largest absolute Gasteiger partial charge is 0.338 e. The summed E-state index contributed by atoms with van der Waals surface area (Å²) in [5.41, 5.74) is 2.36. The molecule has 1 aromatic carbocycles. The molecule has 0 saturated heterocycles. The van der Waals surface area contributed by atoms with Gasteiger partial charge in [-0.2, -0.15) is 0 Å². The number of fused-ring (bicyclic) bond motifs is 1. The quantitative estimate of drug-likeness (QED) is 0.682. The molecule has 0 bridgehead atoms. The second kappa shape index (κ2) is 7.96. The first-order valence-electron chi connectivity index (χ1n) is 9.35. The van der Waals surface area contributed by atoms with E-state index in [-0.39, 0.29) is 6.03 Å². The van der Waals surface area contributed by atoms with Crippen molar-refractivity contribution in [1.29, 1.82) is 0 Å². The highest BCUT2D eigenvalue weighted by atomic mass is 35.5. The molecule has 1 aliphatic rings. The molecule has 0 spiro atoms. The molecule has 2 heterocycles. The summed E-state index contributed by atoms with van der Waals surface area (Å²) in [5, 5.41) is 11.0. The van der Waals surface area contributed by atoms with E-state index in [1.807, 2.05) is 30.5 Å². The highest BCUT2D eigenvalue weighted by Crippen LogP contribution is 2.31. The summed E-state index contributed by atoms with van der Waals surface area (Å²) < 4.78 is 1.67. The van der Waals surface area contributed by atoms with Gasteiger partial charge in [-0.15, -0.1) is 5.10 Å². The second-order valence-electron chi connectivity index (χ2n) is 6.96. The van der Waals surface area contributed by atoms with Gasteiger partial charge in [0.2, 0.25) is 0 Å². The van der Waals surface area contributed by atoms with Crippen LogP contribution in [-0.2, 0) is 0 Å². The van der Waals surface area contributed by atoms with Gasteiger partial charge in [0.1, 0.15) is 0 Å². The Morgan fingerprint density at radius 2 is 1.96 bits per heavy atom. The fourth-order valence-electron chi connectivity index (χ4n) is 3.64. The van der Waals surface area contributed by atoms with Crippen LogP contribution in [0.2, 0.25) is 5.02 Å². The molecule has 4 rings (SSSR count). The average molecular weight is 384 g/mol.